The topological polar surface area (TPSA) is 124 Å². The molecule has 1 aromatic heterocycles. The summed E-state index contributed by atoms with van der Waals surface area (Å²) in [6.45, 7) is 11.2. The van der Waals surface area contributed by atoms with Crippen molar-refractivity contribution < 1.29 is 24.2 Å². The Kier molecular flexibility index (Phi) is 14.1. The van der Waals surface area contributed by atoms with E-state index >= 15 is 0 Å². The number of rotatable bonds is 8. The summed E-state index contributed by atoms with van der Waals surface area (Å²) in [5, 5.41) is 11.8. The van der Waals surface area contributed by atoms with E-state index in [0.29, 0.717) is 34.3 Å². The number of aromatic hydroxyl groups is 1. The van der Waals surface area contributed by atoms with Gasteiger partial charge in [-0.3, -0.25) is 29.9 Å². The van der Waals surface area contributed by atoms with Gasteiger partial charge in [-0.15, -0.1) is 0 Å². The second-order valence-electron chi connectivity index (χ2n) is 12.9. The molecular formula is C42H46Cl2N4O6. The minimum Gasteiger partial charge on any atom is -0.493 e. The third kappa shape index (κ3) is 9.62. The van der Waals surface area contributed by atoms with Gasteiger partial charge < -0.3 is 14.6 Å². The molecule has 0 atom stereocenters. The summed E-state index contributed by atoms with van der Waals surface area (Å²) in [5.74, 6) is -2.25. The van der Waals surface area contributed by atoms with E-state index in [1.165, 1.54) is 6.42 Å². The lowest BCUT2D eigenvalue weighted by molar-refractivity contribution is -0.157. The Bertz CT molecular complexity index is 2130. The van der Waals surface area contributed by atoms with Gasteiger partial charge in [-0.2, -0.15) is 0 Å². The van der Waals surface area contributed by atoms with E-state index in [1.807, 2.05) is 92.7 Å². The fraction of sp³-hybridized carbons (Fsp3) is 0.310. The first-order chi connectivity index (χ1) is 26.0. The maximum atomic E-state index is 12.7. The quantitative estimate of drug-likeness (QED) is 0.107. The molecule has 0 aliphatic carbocycles. The molecule has 2 aliphatic heterocycles. The third-order valence-corrected chi connectivity index (χ3v) is 9.60. The van der Waals surface area contributed by atoms with Crippen LogP contribution in [0.3, 0.4) is 0 Å². The van der Waals surface area contributed by atoms with Crippen LogP contribution in [0.2, 0.25) is 10.0 Å². The summed E-state index contributed by atoms with van der Waals surface area (Å²) in [5.41, 5.74) is 13.0. The Labute approximate surface area is 325 Å². The highest BCUT2D eigenvalue weighted by molar-refractivity contribution is 6.31. The van der Waals surface area contributed by atoms with Crippen LogP contribution < -0.4 is 16.4 Å². The Balaban J connectivity index is 0.000000184. The number of ether oxygens (including phenoxy) is 2. The van der Waals surface area contributed by atoms with Crippen molar-refractivity contribution in [2.75, 3.05) is 26.3 Å². The molecule has 10 nitrogen and oxygen atoms in total. The highest BCUT2D eigenvalue weighted by atomic mass is 35.5. The second-order valence-corrected chi connectivity index (χ2v) is 13.7. The van der Waals surface area contributed by atoms with Gasteiger partial charge in [0.25, 0.3) is 5.56 Å². The maximum Gasteiger partial charge on any atom is 0.324 e. The van der Waals surface area contributed by atoms with E-state index in [0.717, 1.165) is 58.5 Å². The highest BCUT2D eigenvalue weighted by Gasteiger charge is 2.33. The van der Waals surface area contributed by atoms with Crippen LogP contribution in [0, 0.1) is 13.8 Å². The highest BCUT2D eigenvalue weighted by Crippen LogP contribution is 2.35. The zero-order valence-electron chi connectivity index (χ0n) is 31.0. The lowest BCUT2D eigenvalue weighted by atomic mass is 9.91. The molecule has 0 amide bonds. The molecule has 5 aromatic rings. The normalized spacial score (nSPS) is 13.0. The molecule has 12 heteroatoms. The number of carbonyl (C=O) groups excluding carboxylic acids is 2. The fourth-order valence-corrected chi connectivity index (χ4v) is 6.79. The van der Waals surface area contributed by atoms with Crippen LogP contribution in [-0.4, -0.2) is 52.7 Å². The lowest BCUT2D eigenvalue weighted by Gasteiger charge is -2.18. The Morgan fingerprint density at radius 1 is 0.722 bits per heavy atom. The molecule has 2 aliphatic rings. The molecule has 0 radical (unpaired) electrons. The zero-order valence-corrected chi connectivity index (χ0v) is 32.5. The number of esters is 2. The number of nitrogens with zero attached hydrogens (tertiary/aromatic N) is 2. The molecule has 1 fully saturated rings. The van der Waals surface area contributed by atoms with Gasteiger partial charge in [-0.1, -0.05) is 71.7 Å². The number of carbonyl (C=O) groups is 2. The van der Waals surface area contributed by atoms with Crippen LogP contribution in [0.5, 0.6) is 5.88 Å². The summed E-state index contributed by atoms with van der Waals surface area (Å²) in [6.07, 6.45) is 2.16. The van der Waals surface area contributed by atoms with E-state index in [4.69, 9.17) is 32.7 Å². The van der Waals surface area contributed by atoms with Crippen LogP contribution in [0.1, 0.15) is 49.3 Å². The molecule has 0 unspecified atom stereocenters. The lowest BCUT2D eigenvalue weighted by Crippen LogP contribution is -2.27. The summed E-state index contributed by atoms with van der Waals surface area (Å²) in [6, 6.07) is 26.5. The molecule has 4 aromatic carbocycles. The number of aromatic nitrogens is 2. The van der Waals surface area contributed by atoms with Gasteiger partial charge in [0, 0.05) is 36.2 Å². The summed E-state index contributed by atoms with van der Waals surface area (Å²) in [7, 11) is 0. The van der Waals surface area contributed by atoms with Gasteiger partial charge in [0.05, 0.1) is 13.2 Å². The van der Waals surface area contributed by atoms with Crippen molar-refractivity contribution in [3.8, 4) is 39.3 Å². The van der Waals surface area contributed by atoms with Crippen LogP contribution >= 0.6 is 23.2 Å². The largest absolute Gasteiger partial charge is 0.493 e. The monoisotopic (exact) mass is 772 g/mol. The minimum absolute atomic E-state index is 0.0591. The number of hydrogen-bond donors (Lipinski definition) is 3. The predicted molar refractivity (Wildman–Crippen MR) is 214 cm³/mol. The molecule has 7 rings (SSSR count). The molecule has 3 N–H and O–H groups in total. The van der Waals surface area contributed by atoms with Crippen molar-refractivity contribution in [1.29, 1.82) is 0 Å². The number of hydrazine groups is 1. The first-order valence-corrected chi connectivity index (χ1v) is 18.8. The summed E-state index contributed by atoms with van der Waals surface area (Å²) >= 11 is 12.2. The smallest absolute Gasteiger partial charge is 0.324 e. The molecular weight excluding hydrogens is 727 g/mol. The van der Waals surface area contributed by atoms with Crippen molar-refractivity contribution in [1.82, 2.24) is 20.2 Å². The molecule has 3 heterocycles. The number of nitrogens with one attached hydrogen (secondary N) is 2. The van der Waals surface area contributed by atoms with E-state index in [1.54, 1.807) is 29.3 Å². The van der Waals surface area contributed by atoms with E-state index in [9.17, 15) is 19.5 Å². The van der Waals surface area contributed by atoms with Crippen LogP contribution in [-0.2, 0) is 32.2 Å². The number of benzene rings is 4. The van der Waals surface area contributed by atoms with Gasteiger partial charge in [0.15, 0.2) is 5.92 Å². The number of halogens is 2. The first-order valence-electron chi connectivity index (χ1n) is 18.1. The van der Waals surface area contributed by atoms with Crippen molar-refractivity contribution in [2.24, 2.45) is 0 Å². The standard InChI is InChI=1S/C20H21ClO4.C19H17ClN2O2.C3H8N2/c1-4-24-19(22)18(20(23)25-5-2)17-12-15(10-9-13(17)3)14-7-6-8-16(21)11-14;1-12-6-7-14(13-4-2-5-15(20)10-13)11-16(12)17-18(23)21-8-3-9-22(21)19(17)24;1-2-4-5-3-1/h6-12,18H,4-5H2,1-3H3;2,4-7,10-11,23H,3,8-9H2,1H3;4-5H,1-3H2. The fourth-order valence-electron chi connectivity index (χ4n) is 6.41. The van der Waals surface area contributed by atoms with E-state index < -0.39 is 17.9 Å². The third-order valence-electron chi connectivity index (χ3n) is 9.13. The van der Waals surface area contributed by atoms with Crippen LogP contribution in [0.15, 0.2) is 89.7 Å². The van der Waals surface area contributed by atoms with Crippen molar-refractivity contribution in [2.45, 2.75) is 59.5 Å². The van der Waals surface area contributed by atoms with Crippen molar-refractivity contribution in [3.05, 3.63) is 122 Å². The summed E-state index contributed by atoms with van der Waals surface area (Å²) in [4.78, 5) is 37.4. The van der Waals surface area contributed by atoms with Gasteiger partial charge in [0.2, 0.25) is 5.88 Å². The SMILES string of the molecule is C1CNNC1.CCOC(=O)C(C(=O)OCC)c1cc(-c2cccc(Cl)c2)ccc1C.Cc1ccc(-c2cccc(Cl)c2)cc1-c1c(O)n2n(c1=O)CCC2. The average molecular weight is 774 g/mol. The first kappa shape index (κ1) is 40.3. The Morgan fingerprint density at radius 3 is 1.74 bits per heavy atom. The van der Waals surface area contributed by atoms with Gasteiger partial charge >= 0.3 is 11.9 Å². The van der Waals surface area contributed by atoms with Crippen molar-refractivity contribution >= 4 is 35.1 Å². The molecule has 284 valence electrons. The maximum absolute atomic E-state index is 12.7. The van der Waals surface area contributed by atoms with E-state index in [2.05, 4.69) is 10.9 Å². The van der Waals surface area contributed by atoms with Gasteiger partial charge in [0.1, 0.15) is 5.56 Å². The second kappa shape index (κ2) is 18.9. The molecule has 54 heavy (non-hydrogen) atoms. The molecule has 0 bridgehead atoms. The molecule has 0 saturated carbocycles. The molecule has 1 saturated heterocycles. The minimum atomic E-state index is -1.10. The molecule has 0 spiro atoms. The zero-order chi connectivity index (χ0) is 38.8. The van der Waals surface area contributed by atoms with Gasteiger partial charge in [-0.25, -0.2) is 4.68 Å². The Morgan fingerprint density at radius 2 is 1.24 bits per heavy atom. The van der Waals surface area contributed by atoms with Crippen molar-refractivity contribution in [3.63, 3.8) is 0 Å². The number of fused-ring (bicyclic) bond motifs is 1. The van der Waals surface area contributed by atoms with Crippen LogP contribution in [0.4, 0.5) is 0 Å². The number of aryl methyl sites for hydroxylation is 2. The van der Waals surface area contributed by atoms with E-state index in [-0.39, 0.29) is 24.7 Å². The van der Waals surface area contributed by atoms with Gasteiger partial charge in [-0.05, 0) is 121 Å². The average Bonchev–Trinajstić information content (AvgIpc) is 3.94. The number of hydrogen-bond acceptors (Lipinski definition) is 8. The van der Waals surface area contributed by atoms with Crippen LogP contribution in [0.25, 0.3) is 33.4 Å². The predicted octanol–water partition coefficient (Wildman–Crippen LogP) is 8.06. The Hall–Kier alpha value is -4.87. The summed E-state index contributed by atoms with van der Waals surface area (Å²) < 4.78 is 13.5.